The number of nitrogens with one attached hydrogen (secondary N) is 1. The molecule has 15 heavy (non-hydrogen) atoms. The number of fused-ring (bicyclic) bond motifs is 1. The first kappa shape index (κ1) is 10.4. The van der Waals surface area contributed by atoms with Crippen molar-refractivity contribution in [2.75, 3.05) is 11.5 Å². The van der Waals surface area contributed by atoms with E-state index in [1.807, 2.05) is 0 Å². The van der Waals surface area contributed by atoms with Gasteiger partial charge in [-0.2, -0.15) is 0 Å². The summed E-state index contributed by atoms with van der Waals surface area (Å²) in [6.45, 7) is 0. The quantitative estimate of drug-likeness (QED) is 0.655. The molecule has 80 valence electrons. The summed E-state index contributed by atoms with van der Waals surface area (Å²) in [6.07, 6.45) is -0.435. The molecular formula is C9H10NO4P. The summed E-state index contributed by atoms with van der Waals surface area (Å²) < 4.78 is 10.9. The predicted octanol–water partition coefficient (Wildman–Crippen LogP) is 0.900. The summed E-state index contributed by atoms with van der Waals surface area (Å²) in [5.41, 5.74) is 1.30. The fourth-order valence-corrected chi connectivity index (χ4v) is 2.53. The molecule has 1 aromatic carbocycles. The number of hydrogen-bond donors (Lipinski definition) is 3. The van der Waals surface area contributed by atoms with Crippen LogP contribution in [-0.4, -0.2) is 21.9 Å². The molecule has 0 bridgehead atoms. The largest absolute Gasteiger partial charge is 0.326 e. The molecule has 0 spiro atoms. The number of carbonyl (C=O) groups is 1. The molecule has 0 fully saturated rings. The van der Waals surface area contributed by atoms with Crippen LogP contribution in [-0.2, 0) is 9.36 Å². The van der Waals surface area contributed by atoms with Crippen molar-refractivity contribution in [2.45, 2.75) is 5.92 Å². The van der Waals surface area contributed by atoms with Crippen molar-refractivity contribution in [1.82, 2.24) is 0 Å². The molecular weight excluding hydrogens is 217 g/mol. The molecule has 0 saturated heterocycles. The normalized spacial score (nSPS) is 19.9. The van der Waals surface area contributed by atoms with Crippen LogP contribution in [0.1, 0.15) is 11.5 Å². The third-order valence-electron chi connectivity index (χ3n) is 2.33. The molecule has 1 aliphatic heterocycles. The summed E-state index contributed by atoms with van der Waals surface area (Å²) in [5.74, 6) is -1.08. The SMILES string of the molecule is O=C1Nc2ccccc2C1CP(=O)(O)O. The molecule has 1 aromatic rings. The second-order valence-electron chi connectivity index (χ2n) is 3.48. The molecule has 0 saturated carbocycles. The van der Waals surface area contributed by atoms with Crippen LogP contribution in [0.15, 0.2) is 24.3 Å². The van der Waals surface area contributed by atoms with Gasteiger partial charge in [-0.05, 0) is 11.6 Å². The molecule has 1 aliphatic rings. The number of benzene rings is 1. The van der Waals surface area contributed by atoms with Gasteiger partial charge in [-0.3, -0.25) is 9.36 Å². The maximum Gasteiger partial charge on any atom is 0.326 e. The minimum atomic E-state index is -4.17. The van der Waals surface area contributed by atoms with E-state index in [-0.39, 0.29) is 5.91 Å². The zero-order chi connectivity index (χ0) is 11.1. The lowest BCUT2D eigenvalue weighted by Gasteiger charge is -2.09. The zero-order valence-electron chi connectivity index (χ0n) is 7.75. The second-order valence-corrected chi connectivity index (χ2v) is 5.17. The smallest absolute Gasteiger partial charge is 0.325 e. The Morgan fingerprint density at radius 2 is 2.00 bits per heavy atom. The standard InChI is InChI=1S/C9H10NO4P/c11-9-7(5-15(12,13)14)6-3-1-2-4-8(6)10-9/h1-4,7H,5H2,(H,10,11)(H2,12,13,14). The summed E-state index contributed by atoms with van der Waals surface area (Å²) in [7, 11) is -4.17. The summed E-state index contributed by atoms with van der Waals surface area (Å²) in [6, 6.07) is 6.92. The van der Waals surface area contributed by atoms with E-state index in [1.54, 1.807) is 24.3 Å². The number of amides is 1. The van der Waals surface area contributed by atoms with Gasteiger partial charge in [0.25, 0.3) is 0 Å². The molecule has 1 atom stereocenters. The van der Waals surface area contributed by atoms with Crippen LogP contribution in [0.25, 0.3) is 0 Å². The molecule has 1 unspecified atom stereocenters. The van der Waals surface area contributed by atoms with Crippen LogP contribution in [0.2, 0.25) is 0 Å². The molecule has 0 radical (unpaired) electrons. The molecule has 6 heteroatoms. The van der Waals surface area contributed by atoms with E-state index in [0.29, 0.717) is 11.3 Å². The molecule has 0 aliphatic carbocycles. The molecule has 2 rings (SSSR count). The first-order valence-electron chi connectivity index (χ1n) is 4.42. The number of para-hydroxylation sites is 1. The minimum Gasteiger partial charge on any atom is -0.325 e. The first-order chi connectivity index (χ1) is 6.97. The Labute approximate surface area is 86.3 Å². The van der Waals surface area contributed by atoms with E-state index >= 15 is 0 Å². The monoisotopic (exact) mass is 227 g/mol. The van der Waals surface area contributed by atoms with Gasteiger partial charge in [0.15, 0.2) is 0 Å². The third kappa shape index (κ3) is 2.09. The minimum absolute atomic E-state index is 0.348. The molecule has 3 N–H and O–H groups in total. The number of hydrogen-bond acceptors (Lipinski definition) is 2. The lowest BCUT2D eigenvalue weighted by atomic mass is 10.0. The van der Waals surface area contributed by atoms with Gasteiger partial charge in [0, 0.05) is 5.69 Å². The van der Waals surface area contributed by atoms with Crippen molar-refractivity contribution >= 4 is 19.2 Å². The second kappa shape index (κ2) is 3.45. The lowest BCUT2D eigenvalue weighted by Crippen LogP contribution is -2.15. The van der Waals surface area contributed by atoms with Crippen molar-refractivity contribution < 1.29 is 19.1 Å². The van der Waals surface area contributed by atoms with E-state index in [9.17, 15) is 9.36 Å². The van der Waals surface area contributed by atoms with Gasteiger partial charge in [-0.15, -0.1) is 0 Å². The van der Waals surface area contributed by atoms with Crippen molar-refractivity contribution in [2.24, 2.45) is 0 Å². The fraction of sp³-hybridized carbons (Fsp3) is 0.222. The zero-order valence-corrected chi connectivity index (χ0v) is 8.65. The molecule has 0 aromatic heterocycles. The van der Waals surface area contributed by atoms with Gasteiger partial charge >= 0.3 is 7.60 Å². The number of carbonyl (C=O) groups excluding carboxylic acids is 1. The van der Waals surface area contributed by atoms with Crippen molar-refractivity contribution in [3.63, 3.8) is 0 Å². The van der Waals surface area contributed by atoms with Crippen LogP contribution >= 0.6 is 7.60 Å². The maximum atomic E-state index is 11.5. The van der Waals surface area contributed by atoms with Gasteiger partial charge in [-0.25, -0.2) is 0 Å². The summed E-state index contributed by atoms with van der Waals surface area (Å²) in [5, 5.41) is 2.59. The van der Waals surface area contributed by atoms with Gasteiger partial charge in [0.2, 0.25) is 5.91 Å². The number of anilines is 1. The highest BCUT2D eigenvalue weighted by molar-refractivity contribution is 7.51. The topological polar surface area (TPSA) is 86.6 Å². The number of rotatable bonds is 2. The van der Waals surface area contributed by atoms with Crippen molar-refractivity contribution in [3.05, 3.63) is 29.8 Å². The van der Waals surface area contributed by atoms with E-state index in [4.69, 9.17) is 9.79 Å². The maximum absolute atomic E-state index is 11.5. The van der Waals surface area contributed by atoms with Gasteiger partial charge in [0.1, 0.15) is 0 Å². The van der Waals surface area contributed by atoms with Gasteiger partial charge < -0.3 is 15.1 Å². The Morgan fingerprint density at radius 3 is 2.67 bits per heavy atom. The van der Waals surface area contributed by atoms with Crippen molar-refractivity contribution in [1.29, 1.82) is 0 Å². The Morgan fingerprint density at radius 1 is 1.33 bits per heavy atom. The lowest BCUT2D eigenvalue weighted by molar-refractivity contribution is -0.116. The average Bonchev–Trinajstić information content (AvgIpc) is 2.41. The molecule has 5 nitrogen and oxygen atoms in total. The fourth-order valence-electron chi connectivity index (χ4n) is 1.69. The van der Waals surface area contributed by atoms with Crippen LogP contribution in [0.5, 0.6) is 0 Å². The Balaban J connectivity index is 2.34. The van der Waals surface area contributed by atoms with Crippen LogP contribution < -0.4 is 5.32 Å². The summed E-state index contributed by atoms with van der Waals surface area (Å²) >= 11 is 0. The average molecular weight is 227 g/mol. The highest BCUT2D eigenvalue weighted by Crippen LogP contribution is 2.44. The van der Waals surface area contributed by atoms with Crippen LogP contribution in [0, 0.1) is 0 Å². The van der Waals surface area contributed by atoms with Crippen LogP contribution in [0.3, 0.4) is 0 Å². The first-order valence-corrected chi connectivity index (χ1v) is 6.21. The Kier molecular flexibility index (Phi) is 2.38. The Hall–Kier alpha value is -1.16. The van der Waals surface area contributed by atoms with Crippen molar-refractivity contribution in [3.8, 4) is 0 Å². The molecule has 1 heterocycles. The summed E-state index contributed by atoms with van der Waals surface area (Å²) in [4.78, 5) is 29.2. The highest BCUT2D eigenvalue weighted by Gasteiger charge is 2.35. The van der Waals surface area contributed by atoms with Gasteiger partial charge in [-0.1, -0.05) is 18.2 Å². The molecule has 1 amide bonds. The Bertz CT molecular complexity index is 453. The van der Waals surface area contributed by atoms with Gasteiger partial charge in [0.05, 0.1) is 12.1 Å². The third-order valence-corrected chi connectivity index (χ3v) is 3.17. The van der Waals surface area contributed by atoms with Crippen LogP contribution in [0.4, 0.5) is 5.69 Å². The highest BCUT2D eigenvalue weighted by atomic mass is 31.2. The van der Waals surface area contributed by atoms with E-state index in [2.05, 4.69) is 5.32 Å². The predicted molar refractivity (Wildman–Crippen MR) is 54.7 cm³/mol. The van der Waals surface area contributed by atoms with E-state index in [0.717, 1.165) is 0 Å². The van der Waals surface area contributed by atoms with E-state index < -0.39 is 19.7 Å². The van der Waals surface area contributed by atoms with E-state index in [1.165, 1.54) is 0 Å².